The van der Waals surface area contributed by atoms with Crippen molar-refractivity contribution in [3.05, 3.63) is 94.2 Å². The molecule has 4 rings (SSSR count). The minimum absolute atomic E-state index is 0.114. The highest BCUT2D eigenvalue weighted by atomic mass is 19.1. The van der Waals surface area contributed by atoms with Crippen LogP contribution in [0.25, 0.3) is 11.8 Å². The molecule has 3 amide bonds. The van der Waals surface area contributed by atoms with Crippen LogP contribution >= 0.6 is 0 Å². The van der Waals surface area contributed by atoms with Crippen LogP contribution in [0.2, 0.25) is 0 Å². The van der Waals surface area contributed by atoms with Crippen LogP contribution in [0.3, 0.4) is 0 Å². The van der Waals surface area contributed by atoms with Gasteiger partial charge in [-0.05, 0) is 56.7 Å². The molecule has 1 aliphatic heterocycles. The van der Waals surface area contributed by atoms with Gasteiger partial charge in [0.1, 0.15) is 11.5 Å². The van der Waals surface area contributed by atoms with E-state index in [2.05, 4.69) is 9.88 Å². The molecule has 5 nitrogen and oxygen atoms in total. The van der Waals surface area contributed by atoms with E-state index in [4.69, 9.17) is 0 Å². The first kappa shape index (κ1) is 19.6. The number of aryl methyl sites for hydroxylation is 2. The largest absolute Gasteiger partial charge is 0.329 e. The first-order valence-corrected chi connectivity index (χ1v) is 9.69. The molecule has 1 aliphatic rings. The van der Waals surface area contributed by atoms with Crippen molar-refractivity contribution in [3.63, 3.8) is 0 Å². The summed E-state index contributed by atoms with van der Waals surface area (Å²) >= 11 is 0. The van der Waals surface area contributed by atoms with Crippen LogP contribution in [0.5, 0.6) is 0 Å². The lowest BCUT2D eigenvalue weighted by Crippen LogP contribution is -2.30. The molecule has 0 radical (unpaired) electrons. The predicted octanol–water partition coefficient (Wildman–Crippen LogP) is 4.63. The van der Waals surface area contributed by atoms with Gasteiger partial charge in [-0.3, -0.25) is 9.69 Å². The summed E-state index contributed by atoms with van der Waals surface area (Å²) in [4.78, 5) is 26.1. The summed E-state index contributed by atoms with van der Waals surface area (Å²) in [5.74, 6) is -0.916. The van der Waals surface area contributed by atoms with Gasteiger partial charge in [0.2, 0.25) is 0 Å². The van der Waals surface area contributed by atoms with Gasteiger partial charge < -0.3 is 9.88 Å². The third kappa shape index (κ3) is 3.52. The van der Waals surface area contributed by atoms with E-state index in [1.807, 2.05) is 51.1 Å². The molecular weight excluding hydrogens is 381 g/mol. The van der Waals surface area contributed by atoms with Crippen molar-refractivity contribution in [2.45, 2.75) is 27.3 Å². The van der Waals surface area contributed by atoms with Crippen molar-refractivity contribution in [3.8, 4) is 5.69 Å². The number of rotatable bonds is 4. The minimum Gasteiger partial charge on any atom is -0.318 e. The SMILES string of the molecule is Cc1ccc(-n2c(C)cc(C=C3NC(=O)N(Cc4ccccc4F)C3=O)c2C)cc1. The number of benzene rings is 2. The smallest absolute Gasteiger partial charge is 0.318 e. The van der Waals surface area contributed by atoms with Gasteiger partial charge in [-0.15, -0.1) is 0 Å². The summed E-state index contributed by atoms with van der Waals surface area (Å²) in [6, 6.07) is 15.7. The predicted molar refractivity (Wildman–Crippen MR) is 113 cm³/mol. The lowest BCUT2D eigenvalue weighted by atomic mass is 10.2. The van der Waals surface area contributed by atoms with Gasteiger partial charge in [0.05, 0.1) is 6.54 Å². The van der Waals surface area contributed by atoms with Crippen LogP contribution in [0, 0.1) is 26.6 Å². The number of hydrogen-bond donors (Lipinski definition) is 1. The maximum atomic E-state index is 13.9. The molecule has 6 heteroatoms. The van der Waals surface area contributed by atoms with E-state index in [1.54, 1.807) is 24.3 Å². The zero-order valence-electron chi connectivity index (χ0n) is 17.1. The van der Waals surface area contributed by atoms with E-state index in [0.29, 0.717) is 5.56 Å². The molecule has 2 heterocycles. The molecule has 2 aromatic carbocycles. The van der Waals surface area contributed by atoms with Gasteiger partial charge in [0.15, 0.2) is 0 Å². The number of hydrogen-bond acceptors (Lipinski definition) is 2. The quantitative estimate of drug-likeness (QED) is 0.510. The summed E-state index contributed by atoms with van der Waals surface area (Å²) in [6.45, 7) is 5.89. The Bertz CT molecular complexity index is 1180. The number of carbonyl (C=O) groups excluding carboxylic acids is 2. The molecule has 1 N–H and O–H groups in total. The normalized spacial score (nSPS) is 15.2. The number of urea groups is 1. The Morgan fingerprint density at radius 1 is 1.00 bits per heavy atom. The van der Waals surface area contributed by atoms with Gasteiger partial charge in [-0.25, -0.2) is 9.18 Å². The maximum Gasteiger partial charge on any atom is 0.329 e. The van der Waals surface area contributed by atoms with Gasteiger partial charge in [0.25, 0.3) is 5.91 Å². The topological polar surface area (TPSA) is 54.3 Å². The van der Waals surface area contributed by atoms with E-state index >= 15 is 0 Å². The minimum atomic E-state index is -0.554. The number of nitrogens with one attached hydrogen (secondary N) is 1. The highest BCUT2D eigenvalue weighted by Crippen LogP contribution is 2.25. The molecule has 0 bridgehead atoms. The number of aromatic nitrogens is 1. The molecule has 30 heavy (non-hydrogen) atoms. The zero-order chi connectivity index (χ0) is 21.4. The average Bonchev–Trinajstić information content (AvgIpc) is 3.14. The van der Waals surface area contributed by atoms with Crippen LogP contribution in [-0.2, 0) is 11.3 Å². The Morgan fingerprint density at radius 2 is 1.70 bits per heavy atom. The molecule has 1 saturated heterocycles. The van der Waals surface area contributed by atoms with Crippen molar-refractivity contribution in [1.82, 2.24) is 14.8 Å². The van der Waals surface area contributed by atoms with Crippen molar-refractivity contribution in [2.24, 2.45) is 0 Å². The molecular formula is C24H22FN3O2. The molecule has 3 aromatic rings. The lowest BCUT2D eigenvalue weighted by molar-refractivity contribution is -0.123. The highest BCUT2D eigenvalue weighted by Gasteiger charge is 2.34. The molecule has 0 unspecified atom stereocenters. The molecule has 0 spiro atoms. The standard InChI is InChI=1S/C24H22FN3O2/c1-15-8-10-20(11-9-15)28-16(2)12-19(17(28)3)13-22-23(29)27(24(30)26-22)14-18-6-4-5-7-21(18)25/h4-13H,14H2,1-3H3,(H,26,30). The Labute approximate surface area is 174 Å². The van der Waals surface area contributed by atoms with Crippen molar-refractivity contribution >= 4 is 18.0 Å². The van der Waals surface area contributed by atoms with E-state index in [9.17, 15) is 14.0 Å². The summed E-state index contributed by atoms with van der Waals surface area (Å²) in [7, 11) is 0. The van der Waals surface area contributed by atoms with Crippen molar-refractivity contribution in [2.75, 3.05) is 0 Å². The third-order valence-electron chi connectivity index (χ3n) is 5.31. The maximum absolute atomic E-state index is 13.9. The highest BCUT2D eigenvalue weighted by molar-refractivity contribution is 6.14. The van der Waals surface area contributed by atoms with Gasteiger partial charge in [-0.1, -0.05) is 35.9 Å². The van der Waals surface area contributed by atoms with Gasteiger partial charge >= 0.3 is 6.03 Å². The Balaban J connectivity index is 1.63. The summed E-state index contributed by atoms with van der Waals surface area (Å²) in [6.07, 6.45) is 1.68. The van der Waals surface area contributed by atoms with Gasteiger partial charge in [0, 0.05) is 22.6 Å². The summed E-state index contributed by atoms with van der Waals surface area (Å²) in [5, 5.41) is 2.61. The van der Waals surface area contributed by atoms with E-state index < -0.39 is 17.8 Å². The zero-order valence-corrected chi connectivity index (χ0v) is 17.1. The number of amides is 3. The molecule has 0 aliphatic carbocycles. The molecule has 0 saturated carbocycles. The Morgan fingerprint density at radius 3 is 2.40 bits per heavy atom. The molecule has 0 atom stereocenters. The van der Waals surface area contributed by atoms with E-state index in [1.165, 1.54) is 11.6 Å². The van der Waals surface area contributed by atoms with E-state index in [0.717, 1.165) is 27.5 Å². The first-order chi connectivity index (χ1) is 14.3. The van der Waals surface area contributed by atoms with Crippen LogP contribution in [-0.4, -0.2) is 21.4 Å². The van der Waals surface area contributed by atoms with Crippen molar-refractivity contribution in [1.29, 1.82) is 0 Å². The second-order valence-electron chi connectivity index (χ2n) is 7.47. The lowest BCUT2D eigenvalue weighted by Gasteiger charge is -2.12. The first-order valence-electron chi connectivity index (χ1n) is 9.69. The number of nitrogens with zero attached hydrogens (tertiary/aromatic N) is 2. The summed E-state index contributed by atoms with van der Waals surface area (Å²) in [5.41, 5.74) is 5.49. The molecule has 1 fully saturated rings. The van der Waals surface area contributed by atoms with Crippen LogP contribution in [0.15, 0.2) is 60.3 Å². The van der Waals surface area contributed by atoms with Crippen LogP contribution in [0.4, 0.5) is 9.18 Å². The van der Waals surface area contributed by atoms with E-state index in [-0.39, 0.29) is 12.2 Å². The van der Waals surface area contributed by atoms with Gasteiger partial charge in [-0.2, -0.15) is 0 Å². The van der Waals surface area contributed by atoms with Crippen LogP contribution in [0.1, 0.15) is 28.1 Å². The number of imide groups is 1. The average molecular weight is 403 g/mol. The van der Waals surface area contributed by atoms with Crippen LogP contribution < -0.4 is 5.32 Å². The fourth-order valence-corrected chi connectivity index (χ4v) is 3.69. The van der Waals surface area contributed by atoms with Crippen molar-refractivity contribution < 1.29 is 14.0 Å². The summed E-state index contributed by atoms with van der Waals surface area (Å²) < 4.78 is 16.0. The molecule has 1 aromatic heterocycles. The number of halogens is 1. The third-order valence-corrected chi connectivity index (χ3v) is 5.31. The number of carbonyl (C=O) groups is 2. The monoisotopic (exact) mass is 403 g/mol. The Kier molecular flexibility index (Phi) is 4.99. The second-order valence-corrected chi connectivity index (χ2v) is 7.47. The fraction of sp³-hybridized carbons (Fsp3) is 0.167. The Hall–Kier alpha value is -3.67. The molecule has 152 valence electrons. The fourth-order valence-electron chi connectivity index (χ4n) is 3.69. The second kappa shape index (κ2) is 7.63.